The third kappa shape index (κ3) is 57.9. The summed E-state index contributed by atoms with van der Waals surface area (Å²) in [5.74, 6) is -0.351. The van der Waals surface area contributed by atoms with Crippen molar-refractivity contribution < 1.29 is 33.1 Å². The van der Waals surface area contributed by atoms with E-state index in [1.807, 2.05) is 0 Å². The summed E-state index contributed by atoms with van der Waals surface area (Å²) in [6.45, 7) is 4.83. The molecule has 396 valence electrons. The van der Waals surface area contributed by atoms with Gasteiger partial charge in [0.05, 0.1) is 13.2 Å². The van der Waals surface area contributed by atoms with E-state index in [4.69, 9.17) is 19.3 Å². The minimum absolute atomic E-state index is 0.0872. The molecule has 0 aromatic carbocycles. The summed E-state index contributed by atoms with van der Waals surface area (Å²) >= 11 is 0. The summed E-state index contributed by atoms with van der Waals surface area (Å²) in [6, 6.07) is 0. The fourth-order valence-corrected chi connectivity index (χ4v) is 9.87. The zero-order valence-corrected chi connectivity index (χ0v) is 45.5. The van der Waals surface area contributed by atoms with Crippen LogP contribution in [0.25, 0.3) is 0 Å². The van der Waals surface area contributed by atoms with Gasteiger partial charge < -0.3 is 19.3 Å². The molecule has 0 radical (unpaired) electrons. The van der Waals surface area contributed by atoms with Gasteiger partial charge in [-0.25, -0.2) is 4.57 Å². The monoisotopic (exact) mass is 957 g/mol. The van der Waals surface area contributed by atoms with Gasteiger partial charge in [0.15, 0.2) is 0 Å². The first-order valence-electron chi connectivity index (χ1n) is 29.9. The summed E-state index contributed by atoms with van der Waals surface area (Å²) in [5.41, 5.74) is 0. The molecule has 0 unspecified atom stereocenters. The lowest BCUT2D eigenvalue weighted by molar-refractivity contribution is -0.154. The quantitative estimate of drug-likeness (QED) is 0.0356. The normalized spacial score (nSPS) is 12.4. The maximum atomic E-state index is 12.5. The second kappa shape index (κ2) is 55.5. The highest BCUT2D eigenvalue weighted by Gasteiger charge is 2.21. The van der Waals surface area contributed by atoms with Gasteiger partial charge in [0, 0.05) is 13.0 Å². The third-order valence-corrected chi connectivity index (χ3v) is 14.4. The first-order chi connectivity index (χ1) is 32.4. The Morgan fingerprint density at radius 1 is 0.348 bits per heavy atom. The Hall–Kier alpha value is -0.460. The molecule has 8 heteroatoms. The standard InChI is InChI=1S/C58H117O7P/c1-3-5-7-9-11-13-15-17-19-20-21-22-23-24-25-26-27-28-29-30-31-32-33-34-35-36-37-38-39-40-41-43-45-47-49-51-53-58(59)65-57(56-64-66(60,61)62)55-63-54-52-50-48-46-44-42-18-16-14-12-10-8-6-4-2/h57H,3-56H2,1-2H3,(H2,60,61,62)/t57-/m1/s1. The molecule has 0 heterocycles. The molecular weight excluding hydrogens is 840 g/mol. The van der Waals surface area contributed by atoms with Crippen molar-refractivity contribution in [3.8, 4) is 0 Å². The van der Waals surface area contributed by atoms with E-state index in [1.54, 1.807) is 0 Å². The Kier molecular flexibility index (Phi) is 55.1. The van der Waals surface area contributed by atoms with Crippen molar-refractivity contribution in [2.75, 3.05) is 19.8 Å². The van der Waals surface area contributed by atoms with Crippen LogP contribution in [0.5, 0.6) is 0 Å². The van der Waals surface area contributed by atoms with Crippen LogP contribution < -0.4 is 0 Å². The Morgan fingerprint density at radius 3 is 0.818 bits per heavy atom. The fourth-order valence-electron chi connectivity index (χ4n) is 9.51. The van der Waals surface area contributed by atoms with E-state index < -0.39 is 13.9 Å². The maximum Gasteiger partial charge on any atom is 0.469 e. The van der Waals surface area contributed by atoms with Gasteiger partial charge in [0.2, 0.25) is 0 Å². The average Bonchev–Trinajstić information content (AvgIpc) is 3.30. The van der Waals surface area contributed by atoms with Gasteiger partial charge in [0.1, 0.15) is 6.10 Å². The third-order valence-electron chi connectivity index (χ3n) is 13.9. The Bertz CT molecular complexity index is 973. The molecule has 0 saturated heterocycles. The predicted molar refractivity (Wildman–Crippen MR) is 286 cm³/mol. The lowest BCUT2D eigenvalue weighted by Crippen LogP contribution is -2.28. The van der Waals surface area contributed by atoms with E-state index in [1.165, 1.54) is 289 Å². The lowest BCUT2D eigenvalue weighted by Gasteiger charge is -2.18. The van der Waals surface area contributed by atoms with Gasteiger partial charge in [-0.15, -0.1) is 0 Å². The number of rotatable bonds is 58. The van der Waals surface area contributed by atoms with E-state index in [-0.39, 0.29) is 19.2 Å². The number of hydrogen-bond donors (Lipinski definition) is 2. The molecule has 0 aromatic rings. The van der Waals surface area contributed by atoms with Gasteiger partial charge in [0.25, 0.3) is 0 Å². The molecule has 0 aliphatic carbocycles. The Labute approximate surface area is 412 Å². The van der Waals surface area contributed by atoms with Crippen LogP contribution in [0.2, 0.25) is 0 Å². The van der Waals surface area contributed by atoms with Crippen molar-refractivity contribution in [2.45, 2.75) is 347 Å². The van der Waals surface area contributed by atoms with Crippen LogP contribution in [0.15, 0.2) is 0 Å². The van der Waals surface area contributed by atoms with Crippen LogP contribution in [-0.4, -0.2) is 41.7 Å². The molecule has 0 aliphatic heterocycles. The highest BCUT2D eigenvalue weighted by molar-refractivity contribution is 7.46. The van der Waals surface area contributed by atoms with Crippen molar-refractivity contribution in [1.82, 2.24) is 0 Å². The number of ether oxygens (including phenoxy) is 2. The molecule has 0 aliphatic rings. The van der Waals surface area contributed by atoms with E-state index in [2.05, 4.69) is 18.4 Å². The largest absolute Gasteiger partial charge is 0.469 e. The molecule has 0 bridgehead atoms. The summed E-state index contributed by atoms with van der Waals surface area (Å²) in [6.07, 6.45) is 67.5. The molecule has 2 N–H and O–H groups in total. The molecule has 0 aromatic heterocycles. The minimum Gasteiger partial charge on any atom is -0.457 e. The SMILES string of the molecule is CCCCCCCCCCCCCCCCCCCCCCCCCCCCCCCCCCCCCCC(=O)O[C@H](COCCCCCCCCCCCCCCCC)COP(=O)(O)O. The van der Waals surface area contributed by atoms with E-state index >= 15 is 0 Å². The van der Waals surface area contributed by atoms with Gasteiger partial charge in [-0.05, 0) is 12.8 Å². The van der Waals surface area contributed by atoms with Crippen LogP contribution in [0.4, 0.5) is 0 Å². The van der Waals surface area contributed by atoms with E-state index in [0.717, 1.165) is 32.1 Å². The van der Waals surface area contributed by atoms with E-state index in [0.29, 0.717) is 13.0 Å². The van der Waals surface area contributed by atoms with Crippen LogP contribution in [0.1, 0.15) is 341 Å². The molecule has 1 atom stereocenters. The van der Waals surface area contributed by atoms with Crippen LogP contribution in [-0.2, 0) is 23.4 Å². The smallest absolute Gasteiger partial charge is 0.457 e. The predicted octanol–water partition coefficient (Wildman–Crippen LogP) is 20.0. The summed E-state index contributed by atoms with van der Waals surface area (Å²) in [7, 11) is -4.65. The zero-order chi connectivity index (χ0) is 48.0. The van der Waals surface area contributed by atoms with Crippen molar-refractivity contribution in [1.29, 1.82) is 0 Å². The van der Waals surface area contributed by atoms with Gasteiger partial charge in [-0.2, -0.15) is 0 Å². The van der Waals surface area contributed by atoms with Gasteiger partial charge >= 0.3 is 13.8 Å². The topological polar surface area (TPSA) is 102 Å². The Balaban J connectivity index is 3.49. The second-order valence-electron chi connectivity index (χ2n) is 20.7. The second-order valence-corrected chi connectivity index (χ2v) is 21.9. The zero-order valence-electron chi connectivity index (χ0n) is 44.6. The summed E-state index contributed by atoms with van der Waals surface area (Å²) in [5, 5.41) is 0. The first kappa shape index (κ1) is 65.5. The first-order valence-corrected chi connectivity index (χ1v) is 31.4. The minimum atomic E-state index is -4.65. The molecule has 0 amide bonds. The highest BCUT2D eigenvalue weighted by atomic mass is 31.2. The average molecular weight is 958 g/mol. The molecule has 0 spiro atoms. The molecule has 0 fully saturated rings. The number of carbonyl (C=O) groups is 1. The Morgan fingerprint density at radius 2 is 0.576 bits per heavy atom. The number of phosphoric ester groups is 1. The fraction of sp³-hybridized carbons (Fsp3) is 0.983. The molecule has 7 nitrogen and oxygen atoms in total. The molecule has 0 saturated carbocycles. The van der Waals surface area contributed by atoms with Gasteiger partial charge in [-0.1, -0.05) is 322 Å². The number of hydrogen-bond acceptors (Lipinski definition) is 5. The molecular formula is C58H117O7P. The lowest BCUT2D eigenvalue weighted by atomic mass is 10.0. The van der Waals surface area contributed by atoms with Gasteiger partial charge in [-0.3, -0.25) is 9.32 Å². The molecule has 0 rings (SSSR count). The van der Waals surface area contributed by atoms with Crippen molar-refractivity contribution in [2.24, 2.45) is 0 Å². The van der Waals surface area contributed by atoms with Crippen molar-refractivity contribution in [3.63, 3.8) is 0 Å². The summed E-state index contributed by atoms with van der Waals surface area (Å²) in [4.78, 5) is 30.8. The van der Waals surface area contributed by atoms with Crippen molar-refractivity contribution >= 4 is 13.8 Å². The number of unbranched alkanes of at least 4 members (excludes halogenated alkanes) is 48. The van der Waals surface area contributed by atoms with E-state index in [9.17, 15) is 9.36 Å². The highest BCUT2D eigenvalue weighted by Crippen LogP contribution is 2.36. The number of carbonyl (C=O) groups excluding carboxylic acids is 1. The summed E-state index contributed by atoms with van der Waals surface area (Å²) < 4.78 is 27.2. The number of esters is 1. The molecule has 66 heavy (non-hydrogen) atoms. The van der Waals surface area contributed by atoms with Crippen LogP contribution in [0.3, 0.4) is 0 Å². The van der Waals surface area contributed by atoms with Crippen LogP contribution >= 0.6 is 7.82 Å². The number of phosphoric acid groups is 1. The van der Waals surface area contributed by atoms with Crippen LogP contribution in [0, 0.1) is 0 Å². The maximum absolute atomic E-state index is 12.5. The van der Waals surface area contributed by atoms with Crippen molar-refractivity contribution in [3.05, 3.63) is 0 Å².